The Balaban J connectivity index is 1.48. The van der Waals surface area contributed by atoms with E-state index >= 15 is 0 Å². The summed E-state index contributed by atoms with van der Waals surface area (Å²) in [6.07, 6.45) is 3.54. The van der Waals surface area contributed by atoms with Crippen LogP contribution in [-0.4, -0.2) is 46.3 Å². The topological polar surface area (TPSA) is 58.0 Å². The van der Waals surface area contributed by atoms with E-state index < -0.39 is 0 Å². The zero-order valence-electron chi connectivity index (χ0n) is 11.3. The van der Waals surface area contributed by atoms with E-state index in [0.29, 0.717) is 11.8 Å². The molecule has 6 nitrogen and oxygen atoms in total. The summed E-state index contributed by atoms with van der Waals surface area (Å²) >= 11 is 1.63. The minimum atomic E-state index is 0.702. The summed E-state index contributed by atoms with van der Waals surface area (Å²) < 4.78 is 0. The third kappa shape index (κ3) is 1.93. The number of hydrogen-bond acceptors (Lipinski definition) is 7. The van der Waals surface area contributed by atoms with E-state index in [-0.39, 0.29) is 0 Å². The maximum Gasteiger partial charge on any atom is 0.208 e. The Hall–Kier alpha value is -1.76. The lowest BCUT2D eigenvalue weighted by Gasteiger charge is -2.22. The Morgan fingerprint density at radius 3 is 2.55 bits per heavy atom. The fourth-order valence-corrected chi connectivity index (χ4v) is 3.93. The molecule has 2 aliphatic rings. The van der Waals surface area contributed by atoms with Crippen molar-refractivity contribution in [3.8, 4) is 0 Å². The number of fused-ring (bicyclic) bond motifs is 1. The lowest BCUT2D eigenvalue weighted by molar-refractivity contribution is 0.533. The lowest BCUT2D eigenvalue weighted by atomic mass is 10.0. The smallest absolute Gasteiger partial charge is 0.208 e. The molecule has 4 heterocycles. The highest BCUT2D eigenvalue weighted by Crippen LogP contribution is 2.36. The van der Waals surface area contributed by atoms with Crippen molar-refractivity contribution in [2.45, 2.75) is 6.92 Å². The quantitative estimate of drug-likeness (QED) is 0.828. The van der Waals surface area contributed by atoms with Crippen LogP contribution in [0.1, 0.15) is 5.56 Å². The molecular weight excluding hydrogens is 272 g/mol. The van der Waals surface area contributed by atoms with Crippen LogP contribution >= 0.6 is 11.3 Å². The maximum absolute atomic E-state index is 4.44. The molecule has 2 unspecified atom stereocenters. The van der Waals surface area contributed by atoms with Crippen molar-refractivity contribution in [3.63, 3.8) is 0 Å². The molecule has 104 valence electrons. The van der Waals surface area contributed by atoms with Gasteiger partial charge in [-0.2, -0.15) is 0 Å². The summed E-state index contributed by atoms with van der Waals surface area (Å²) in [6.45, 7) is 6.41. The second-order valence-corrected chi connectivity index (χ2v) is 6.39. The first-order valence-electron chi connectivity index (χ1n) is 6.84. The van der Waals surface area contributed by atoms with Gasteiger partial charge in [-0.3, -0.25) is 0 Å². The van der Waals surface area contributed by atoms with Gasteiger partial charge in [-0.25, -0.2) is 9.97 Å². The molecule has 0 amide bonds. The summed E-state index contributed by atoms with van der Waals surface area (Å²) in [6, 6.07) is 0. The van der Waals surface area contributed by atoms with Crippen LogP contribution in [0.2, 0.25) is 0 Å². The van der Waals surface area contributed by atoms with Gasteiger partial charge in [-0.15, -0.1) is 10.2 Å². The molecule has 4 rings (SSSR count). The van der Waals surface area contributed by atoms with Gasteiger partial charge in [0, 0.05) is 49.8 Å². The number of aromatic nitrogens is 4. The largest absolute Gasteiger partial charge is 0.356 e. The molecule has 0 radical (unpaired) electrons. The second kappa shape index (κ2) is 4.66. The summed E-state index contributed by atoms with van der Waals surface area (Å²) in [5.41, 5.74) is 2.97. The van der Waals surface area contributed by atoms with E-state index in [4.69, 9.17) is 0 Å². The zero-order chi connectivity index (χ0) is 13.5. The van der Waals surface area contributed by atoms with Gasteiger partial charge in [0.15, 0.2) is 0 Å². The minimum absolute atomic E-state index is 0.702. The van der Waals surface area contributed by atoms with Crippen molar-refractivity contribution in [2.24, 2.45) is 11.8 Å². The van der Waals surface area contributed by atoms with Crippen LogP contribution in [0.15, 0.2) is 18.0 Å². The van der Waals surface area contributed by atoms with Gasteiger partial charge in [0.1, 0.15) is 17.7 Å². The molecule has 2 fully saturated rings. The molecule has 0 spiro atoms. The fourth-order valence-electron chi connectivity index (χ4n) is 3.35. The monoisotopic (exact) mass is 288 g/mol. The Kier molecular flexibility index (Phi) is 2.80. The lowest BCUT2D eigenvalue weighted by Crippen LogP contribution is -2.29. The number of nitrogens with zero attached hydrogens (tertiary/aromatic N) is 6. The normalized spacial score (nSPS) is 25.2. The SMILES string of the molecule is Cc1cncnc1N1CC2CN(c3nncs3)CC2C1. The third-order valence-corrected chi connectivity index (χ3v) is 5.02. The van der Waals surface area contributed by atoms with E-state index in [2.05, 4.69) is 36.9 Å². The molecule has 0 aromatic carbocycles. The van der Waals surface area contributed by atoms with Crippen LogP contribution in [0.4, 0.5) is 10.9 Å². The van der Waals surface area contributed by atoms with Gasteiger partial charge >= 0.3 is 0 Å². The van der Waals surface area contributed by atoms with E-state index in [0.717, 1.165) is 42.7 Å². The molecule has 2 aliphatic heterocycles. The highest BCUT2D eigenvalue weighted by Gasteiger charge is 2.41. The number of rotatable bonds is 2. The molecule has 2 aromatic rings. The van der Waals surface area contributed by atoms with Gasteiger partial charge in [0.2, 0.25) is 5.13 Å². The van der Waals surface area contributed by atoms with Gasteiger partial charge in [-0.05, 0) is 6.92 Å². The first-order chi connectivity index (χ1) is 9.81. The van der Waals surface area contributed by atoms with Gasteiger partial charge < -0.3 is 9.80 Å². The third-order valence-electron chi connectivity index (χ3n) is 4.27. The van der Waals surface area contributed by atoms with E-state index in [9.17, 15) is 0 Å². The van der Waals surface area contributed by atoms with Gasteiger partial charge in [0.05, 0.1) is 0 Å². The standard InChI is InChI=1S/C13H16N6S/c1-9-2-14-7-15-12(9)18-3-10-5-19(6-11(10)4-18)13-17-16-8-20-13/h2,7-8,10-11H,3-6H2,1H3. The van der Waals surface area contributed by atoms with Crippen LogP contribution in [0, 0.1) is 18.8 Å². The van der Waals surface area contributed by atoms with E-state index in [1.165, 1.54) is 0 Å². The molecule has 0 saturated carbocycles. The van der Waals surface area contributed by atoms with Crippen LogP contribution in [0.3, 0.4) is 0 Å². The first kappa shape index (κ1) is 12.0. The average molecular weight is 288 g/mol. The maximum atomic E-state index is 4.44. The predicted octanol–water partition coefficient (Wildman–Crippen LogP) is 1.21. The van der Waals surface area contributed by atoms with E-state index in [1.807, 2.05) is 6.20 Å². The molecule has 2 aromatic heterocycles. The fraction of sp³-hybridized carbons (Fsp3) is 0.538. The minimum Gasteiger partial charge on any atom is -0.356 e. The number of anilines is 2. The van der Waals surface area contributed by atoms with Gasteiger partial charge in [0.25, 0.3) is 0 Å². The van der Waals surface area contributed by atoms with Crippen molar-refractivity contribution < 1.29 is 0 Å². The summed E-state index contributed by atoms with van der Waals surface area (Å²) in [5.74, 6) is 2.50. The van der Waals surface area contributed by atoms with Crippen LogP contribution < -0.4 is 9.80 Å². The highest BCUT2D eigenvalue weighted by molar-refractivity contribution is 7.13. The Morgan fingerprint density at radius 2 is 1.90 bits per heavy atom. The van der Waals surface area contributed by atoms with Crippen molar-refractivity contribution >= 4 is 22.3 Å². The molecule has 0 aliphatic carbocycles. The summed E-state index contributed by atoms with van der Waals surface area (Å²) in [4.78, 5) is 13.3. The zero-order valence-corrected chi connectivity index (χ0v) is 12.1. The van der Waals surface area contributed by atoms with Crippen LogP contribution in [-0.2, 0) is 0 Å². The molecule has 0 N–H and O–H groups in total. The van der Waals surface area contributed by atoms with Crippen molar-refractivity contribution in [1.29, 1.82) is 0 Å². The highest BCUT2D eigenvalue weighted by atomic mass is 32.1. The Labute approximate surface area is 121 Å². The summed E-state index contributed by atoms with van der Waals surface area (Å²) in [5, 5.41) is 9.17. The van der Waals surface area contributed by atoms with Crippen LogP contribution in [0.25, 0.3) is 0 Å². The second-order valence-electron chi connectivity index (χ2n) is 5.58. The van der Waals surface area contributed by atoms with Gasteiger partial charge in [-0.1, -0.05) is 11.3 Å². The first-order valence-corrected chi connectivity index (χ1v) is 7.72. The molecule has 20 heavy (non-hydrogen) atoms. The molecule has 0 bridgehead atoms. The molecule has 2 atom stereocenters. The Morgan fingerprint density at radius 1 is 1.15 bits per heavy atom. The van der Waals surface area contributed by atoms with Crippen molar-refractivity contribution in [3.05, 3.63) is 23.6 Å². The molecule has 2 saturated heterocycles. The molecule has 7 heteroatoms. The van der Waals surface area contributed by atoms with Crippen LogP contribution in [0.5, 0.6) is 0 Å². The number of hydrogen-bond donors (Lipinski definition) is 0. The predicted molar refractivity (Wildman–Crippen MR) is 78.1 cm³/mol. The molecular formula is C13H16N6S. The average Bonchev–Trinajstić information content (AvgIpc) is 3.14. The Bertz CT molecular complexity index is 587. The van der Waals surface area contributed by atoms with E-state index in [1.54, 1.807) is 23.2 Å². The van der Waals surface area contributed by atoms with Crippen molar-refractivity contribution in [1.82, 2.24) is 20.2 Å². The van der Waals surface area contributed by atoms with Crippen molar-refractivity contribution in [2.75, 3.05) is 36.0 Å². The number of aryl methyl sites for hydroxylation is 1. The summed E-state index contributed by atoms with van der Waals surface area (Å²) in [7, 11) is 0.